The molecule has 1 atom stereocenters. The van der Waals surface area contributed by atoms with Crippen LogP contribution in [0.15, 0.2) is 0 Å². The summed E-state index contributed by atoms with van der Waals surface area (Å²) in [7, 11) is 1.09. The Balaban J connectivity index is 2.85. The molecular weight excluding hydrogens is 227 g/mol. The van der Waals surface area contributed by atoms with Gasteiger partial charge in [-0.25, -0.2) is 0 Å². The van der Waals surface area contributed by atoms with E-state index in [9.17, 15) is 0 Å². The molecule has 0 bridgehead atoms. The SMILES string of the molecule is CCCCCCCCCCCCPCCCO. The van der Waals surface area contributed by atoms with E-state index >= 15 is 0 Å². The molecular formula is C15H33OP. The van der Waals surface area contributed by atoms with E-state index in [1.54, 1.807) is 0 Å². The highest BCUT2D eigenvalue weighted by Crippen LogP contribution is 2.16. The van der Waals surface area contributed by atoms with E-state index in [0.29, 0.717) is 6.61 Å². The van der Waals surface area contributed by atoms with E-state index in [2.05, 4.69) is 6.92 Å². The highest BCUT2D eigenvalue weighted by atomic mass is 31.1. The summed E-state index contributed by atoms with van der Waals surface area (Å²) in [5.41, 5.74) is 0. The molecule has 0 saturated carbocycles. The van der Waals surface area contributed by atoms with Gasteiger partial charge in [-0.15, -0.1) is 8.58 Å². The number of aliphatic hydroxyl groups is 1. The lowest BCUT2D eigenvalue weighted by Gasteiger charge is -2.02. The first-order valence-electron chi connectivity index (χ1n) is 7.73. The van der Waals surface area contributed by atoms with Gasteiger partial charge in [0.25, 0.3) is 0 Å². The van der Waals surface area contributed by atoms with Gasteiger partial charge in [-0.05, 0) is 25.2 Å². The third-order valence-electron chi connectivity index (χ3n) is 3.22. The van der Waals surface area contributed by atoms with Gasteiger partial charge in [0.05, 0.1) is 0 Å². The van der Waals surface area contributed by atoms with E-state index in [1.165, 1.54) is 76.5 Å². The molecule has 0 spiro atoms. The van der Waals surface area contributed by atoms with Crippen molar-refractivity contribution >= 4 is 8.58 Å². The van der Waals surface area contributed by atoms with Gasteiger partial charge in [-0.2, -0.15) is 0 Å². The Bertz CT molecular complexity index is 114. The van der Waals surface area contributed by atoms with E-state index in [-0.39, 0.29) is 0 Å². The second-order valence-electron chi connectivity index (χ2n) is 5.01. The third-order valence-corrected chi connectivity index (χ3v) is 4.63. The molecule has 0 radical (unpaired) electrons. The zero-order chi connectivity index (χ0) is 12.6. The summed E-state index contributed by atoms with van der Waals surface area (Å²) in [4.78, 5) is 0. The lowest BCUT2D eigenvalue weighted by molar-refractivity contribution is 0.296. The standard InChI is InChI=1S/C15H33OP/c1-2-3-4-5-6-7-8-9-10-11-14-17-15-12-13-16/h16-17H,2-15H2,1H3. The lowest BCUT2D eigenvalue weighted by Crippen LogP contribution is -1.86. The Morgan fingerprint density at radius 1 is 0.647 bits per heavy atom. The van der Waals surface area contributed by atoms with Gasteiger partial charge in [0, 0.05) is 6.61 Å². The summed E-state index contributed by atoms with van der Waals surface area (Å²) >= 11 is 0. The molecule has 0 aliphatic heterocycles. The molecule has 2 heteroatoms. The summed E-state index contributed by atoms with van der Waals surface area (Å²) in [6.45, 7) is 2.66. The Morgan fingerprint density at radius 3 is 1.65 bits per heavy atom. The van der Waals surface area contributed by atoms with Crippen molar-refractivity contribution in [3.63, 3.8) is 0 Å². The molecule has 0 saturated heterocycles. The van der Waals surface area contributed by atoms with Crippen molar-refractivity contribution in [2.45, 2.75) is 77.6 Å². The molecule has 0 aromatic carbocycles. The zero-order valence-corrected chi connectivity index (χ0v) is 12.8. The average molecular weight is 260 g/mol. The number of hydrogen-bond acceptors (Lipinski definition) is 1. The fourth-order valence-electron chi connectivity index (χ4n) is 2.07. The molecule has 1 N–H and O–H groups in total. The number of rotatable bonds is 14. The van der Waals surface area contributed by atoms with Crippen molar-refractivity contribution in [3.05, 3.63) is 0 Å². The van der Waals surface area contributed by atoms with Crippen LogP contribution in [0, 0.1) is 0 Å². The first kappa shape index (κ1) is 17.4. The molecule has 0 heterocycles. The van der Waals surface area contributed by atoms with Crippen LogP contribution in [0.3, 0.4) is 0 Å². The molecule has 1 unspecified atom stereocenters. The van der Waals surface area contributed by atoms with Crippen LogP contribution in [0.4, 0.5) is 0 Å². The van der Waals surface area contributed by atoms with Crippen molar-refractivity contribution in [2.75, 3.05) is 18.9 Å². The summed E-state index contributed by atoms with van der Waals surface area (Å²) in [5, 5.41) is 8.65. The Labute approximate surface area is 111 Å². The van der Waals surface area contributed by atoms with Crippen molar-refractivity contribution in [1.29, 1.82) is 0 Å². The van der Waals surface area contributed by atoms with Crippen LogP contribution in [0.25, 0.3) is 0 Å². The van der Waals surface area contributed by atoms with Crippen molar-refractivity contribution < 1.29 is 5.11 Å². The van der Waals surface area contributed by atoms with E-state index in [4.69, 9.17) is 5.11 Å². The highest BCUT2D eigenvalue weighted by molar-refractivity contribution is 7.37. The minimum atomic E-state index is 0.380. The van der Waals surface area contributed by atoms with E-state index in [1.807, 2.05) is 0 Å². The molecule has 0 fully saturated rings. The molecule has 0 aliphatic rings. The zero-order valence-electron chi connectivity index (χ0n) is 11.8. The number of aliphatic hydroxyl groups excluding tert-OH is 1. The Kier molecular flexibility index (Phi) is 16.8. The van der Waals surface area contributed by atoms with Crippen LogP contribution in [-0.2, 0) is 0 Å². The fourth-order valence-corrected chi connectivity index (χ4v) is 3.22. The van der Waals surface area contributed by atoms with Crippen molar-refractivity contribution in [2.24, 2.45) is 0 Å². The topological polar surface area (TPSA) is 20.2 Å². The quantitative estimate of drug-likeness (QED) is 0.345. The van der Waals surface area contributed by atoms with Crippen LogP contribution < -0.4 is 0 Å². The second kappa shape index (κ2) is 16.4. The summed E-state index contributed by atoms with van der Waals surface area (Å²) in [5.74, 6) is 0. The Hall–Kier alpha value is 0.390. The average Bonchev–Trinajstić information content (AvgIpc) is 2.35. The predicted octanol–water partition coefficient (Wildman–Crippen LogP) is 4.97. The van der Waals surface area contributed by atoms with E-state index in [0.717, 1.165) is 15.0 Å². The largest absolute Gasteiger partial charge is 0.396 e. The molecule has 0 aliphatic carbocycles. The number of unbranched alkanes of at least 4 members (excludes halogenated alkanes) is 9. The van der Waals surface area contributed by atoms with Crippen LogP contribution in [-0.4, -0.2) is 24.0 Å². The maximum atomic E-state index is 8.65. The van der Waals surface area contributed by atoms with Gasteiger partial charge in [-0.1, -0.05) is 64.7 Å². The van der Waals surface area contributed by atoms with Gasteiger partial charge >= 0.3 is 0 Å². The predicted molar refractivity (Wildman–Crippen MR) is 81.6 cm³/mol. The highest BCUT2D eigenvalue weighted by Gasteiger charge is 1.93. The molecule has 0 rings (SSSR count). The van der Waals surface area contributed by atoms with Crippen LogP contribution in [0.2, 0.25) is 0 Å². The normalized spacial score (nSPS) is 11.6. The smallest absolute Gasteiger partial charge is 0.0434 e. The van der Waals surface area contributed by atoms with Gasteiger partial charge < -0.3 is 5.11 Å². The third kappa shape index (κ3) is 16.4. The molecule has 0 aromatic heterocycles. The molecule has 17 heavy (non-hydrogen) atoms. The molecule has 0 aromatic rings. The molecule has 104 valence electrons. The Morgan fingerprint density at radius 2 is 1.12 bits per heavy atom. The first-order chi connectivity index (χ1) is 8.41. The van der Waals surface area contributed by atoms with Crippen LogP contribution in [0.1, 0.15) is 77.6 Å². The second-order valence-corrected chi connectivity index (χ2v) is 6.51. The minimum absolute atomic E-state index is 0.380. The van der Waals surface area contributed by atoms with Gasteiger partial charge in [0.1, 0.15) is 0 Å². The van der Waals surface area contributed by atoms with Crippen LogP contribution in [0.5, 0.6) is 0 Å². The number of hydrogen-bond donors (Lipinski definition) is 1. The van der Waals surface area contributed by atoms with Crippen molar-refractivity contribution in [1.82, 2.24) is 0 Å². The van der Waals surface area contributed by atoms with Crippen LogP contribution >= 0.6 is 8.58 Å². The first-order valence-corrected chi connectivity index (χ1v) is 9.14. The fraction of sp³-hybridized carbons (Fsp3) is 1.00. The monoisotopic (exact) mass is 260 g/mol. The van der Waals surface area contributed by atoms with Crippen molar-refractivity contribution in [3.8, 4) is 0 Å². The molecule has 0 amide bonds. The molecule has 1 nitrogen and oxygen atoms in total. The maximum Gasteiger partial charge on any atom is 0.0434 e. The summed E-state index contributed by atoms with van der Waals surface area (Å²) < 4.78 is 0. The summed E-state index contributed by atoms with van der Waals surface area (Å²) in [6.07, 6.45) is 18.0. The van der Waals surface area contributed by atoms with E-state index < -0.39 is 0 Å². The minimum Gasteiger partial charge on any atom is -0.396 e. The van der Waals surface area contributed by atoms with Gasteiger partial charge in [0.15, 0.2) is 0 Å². The van der Waals surface area contributed by atoms with Gasteiger partial charge in [-0.3, -0.25) is 0 Å². The maximum absolute atomic E-state index is 8.65. The summed E-state index contributed by atoms with van der Waals surface area (Å²) in [6, 6.07) is 0. The van der Waals surface area contributed by atoms with Gasteiger partial charge in [0.2, 0.25) is 0 Å². The lowest BCUT2D eigenvalue weighted by atomic mass is 10.1.